The summed E-state index contributed by atoms with van der Waals surface area (Å²) in [5, 5.41) is 1.38. The quantitative estimate of drug-likeness (QED) is 0.660. The van der Waals surface area contributed by atoms with E-state index in [1.165, 1.54) is 0 Å². The average Bonchev–Trinajstić information content (AvgIpc) is 2.44. The lowest BCUT2D eigenvalue weighted by atomic mass is 10.9. The van der Waals surface area contributed by atoms with E-state index in [1.54, 1.807) is 6.92 Å². The van der Waals surface area contributed by atoms with Gasteiger partial charge in [0, 0.05) is 6.26 Å². The van der Waals surface area contributed by atoms with E-state index in [-0.39, 0.29) is 11.3 Å². The summed E-state index contributed by atoms with van der Waals surface area (Å²) in [4.78, 5) is 27.0. The van der Waals surface area contributed by atoms with Gasteiger partial charge in [0.1, 0.15) is 6.61 Å². The Hall–Kier alpha value is -1.35. The summed E-state index contributed by atoms with van der Waals surface area (Å²) in [6.45, 7) is 1.57. The summed E-state index contributed by atoms with van der Waals surface area (Å²) in [5.74, 6) is 0. The summed E-state index contributed by atoms with van der Waals surface area (Å²) in [6, 6.07) is 0. The molecule has 1 rings (SSSR count). The van der Waals surface area contributed by atoms with Crippen LogP contribution in [0.15, 0.2) is 9.95 Å². The molecule has 8 nitrogen and oxygen atoms in total. The molecule has 0 radical (unpaired) electrons. The van der Waals surface area contributed by atoms with Crippen LogP contribution in [0.5, 0.6) is 0 Å². The van der Waals surface area contributed by atoms with Crippen molar-refractivity contribution in [3.8, 4) is 0 Å². The zero-order valence-corrected chi connectivity index (χ0v) is 9.95. The number of rotatable bonds is 3. The molecule has 1 aromatic rings. The molecule has 0 aliphatic rings. The summed E-state index contributed by atoms with van der Waals surface area (Å²) in [5.41, 5.74) is -1.07. The first kappa shape index (κ1) is 12.7. The van der Waals surface area contributed by atoms with Gasteiger partial charge < -0.3 is 4.84 Å². The summed E-state index contributed by atoms with van der Waals surface area (Å²) >= 11 is 5.04. The van der Waals surface area contributed by atoms with Gasteiger partial charge in [-0.2, -0.15) is 0 Å². The first-order valence-electron chi connectivity index (χ1n) is 4.04. The Bertz CT molecular complexity index is 571. The number of hydrogen-bond donors (Lipinski definition) is 0. The fourth-order valence-electron chi connectivity index (χ4n) is 0.916. The zero-order chi connectivity index (χ0) is 12.5. The molecule has 0 aliphatic heterocycles. The number of carbonyl (C=O) groups excluding carboxylic acids is 1. The molecule has 0 N–H and O–H groups in total. The molecule has 0 fully saturated rings. The van der Waals surface area contributed by atoms with Crippen molar-refractivity contribution in [2.75, 3.05) is 12.9 Å². The normalized spacial score (nSPS) is 11.4. The van der Waals surface area contributed by atoms with Crippen molar-refractivity contribution in [3.05, 3.63) is 10.5 Å². The van der Waals surface area contributed by atoms with E-state index in [9.17, 15) is 18.0 Å². The van der Waals surface area contributed by atoms with Gasteiger partial charge in [-0.25, -0.2) is 13.2 Å². The van der Waals surface area contributed by atoms with Crippen LogP contribution in [0, 0.1) is 0 Å². The van der Waals surface area contributed by atoms with Crippen LogP contribution in [0.3, 0.4) is 0 Å². The highest BCUT2D eigenvalue weighted by Gasteiger charge is 2.25. The Morgan fingerprint density at radius 2 is 2.12 bits per heavy atom. The van der Waals surface area contributed by atoms with Gasteiger partial charge in [0.2, 0.25) is 9.84 Å². The van der Waals surface area contributed by atoms with Crippen LogP contribution in [0.2, 0.25) is 0 Å². The Labute approximate surface area is 95.2 Å². The van der Waals surface area contributed by atoms with Crippen LogP contribution < -0.4 is 10.5 Å². The second-order valence-electron chi connectivity index (χ2n) is 2.71. The molecule has 0 spiro atoms. The van der Waals surface area contributed by atoms with Crippen LogP contribution >= 0.6 is 11.6 Å². The standard InChI is InChI=1S/C6H8ClN3O5S/c1-3-15-10-5(16(2,13)14)8-9(4(7)11)6(10)12/h3H2,1-2H3. The molecule has 10 heteroatoms. The third-order valence-corrected chi connectivity index (χ3v) is 2.54. The number of sulfone groups is 1. The van der Waals surface area contributed by atoms with Gasteiger partial charge in [0.15, 0.2) is 0 Å². The molecule has 16 heavy (non-hydrogen) atoms. The van der Waals surface area contributed by atoms with Crippen LogP contribution in [0.1, 0.15) is 6.92 Å². The SMILES string of the molecule is CCOn1c(S(C)(=O)=O)nn(C(=O)Cl)c1=O. The predicted octanol–water partition coefficient (Wildman–Crippen LogP) is -0.896. The summed E-state index contributed by atoms with van der Waals surface area (Å²) < 4.78 is 23.1. The highest BCUT2D eigenvalue weighted by atomic mass is 35.5. The van der Waals surface area contributed by atoms with Gasteiger partial charge in [-0.1, -0.05) is 4.73 Å². The molecular weight excluding hydrogens is 262 g/mol. The van der Waals surface area contributed by atoms with E-state index >= 15 is 0 Å². The smallest absolute Gasteiger partial charge is 0.388 e. The minimum atomic E-state index is -3.80. The van der Waals surface area contributed by atoms with E-state index in [4.69, 9.17) is 16.4 Å². The van der Waals surface area contributed by atoms with Crippen LogP contribution in [-0.4, -0.2) is 41.2 Å². The van der Waals surface area contributed by atoms with Crippen LogP contribution in [0.4, 0.5) is 4.79 Å². The Morgan fingerprint density at radius 3 is 2.50 bits per heavy atom. The van der Waals surface area contributed by atoms with Crippen molar-refractivity contribution >= 4 is 26.8 Å². The lowest BCUT2D eigenvalue weighted by Crippen LogP contribution is -2.32. The average molecular weight is 270 g/mol. The molecule has 0 saturated heterocycles. The molecule has 0 aliphatic carbocycles. The summed E-state index contributed by atoms with van der Waals surface area (Å²) in [6.07, 6.45) is 0.827. The number of hydrogen-bond acceptors (Lipinski definition) is 6. The maximum absolute atomic E-state index is 11.4. The Balaban J connectivity index is 3.56. The van der Waals surface area contributed by atoms with E-state index in [2.05, 4.69) is 5.10 Å². The third kappa shape index (κ3) is 2.25. The molecule has 1 aromatic heterocycles. The first-order valence-corrected chi connectivity index (χ1v) is 6.31. The molecule has 0 aromatic carbocycles. The van der Waals surface area contributed by atoms with Crippen molar-refractivity contribution in [1.29, 1.82) is 0 Å². The molecule has 0 unspecified atom stereocenters. The minimum Gasteiger partial charge on any atom is -0.407 e. The van der Waals surface area contributed by atoms with Gasteiger partial charge in [-0.05, 0) is 18.5 Å². The van der Waals surface area contributed by atoms with Gasteiger partial charge in [0.25, 0.3) is 5.16 Å². The van der Waals surface area contributed by atoms with E-state index in [0.29, 0.717) is 4.73 Å². The van der Waals surface area contributed by atoms with Gasteiger partial charge in [-0.15, -0.1) is 9.78 Å². The third-order valence-electron chi connectivity index (χ3n) is 1.47. The van der Waals surface area contributed by atoms with Crippen molar-refractivity contribution in [2.24, 2.45) is 0 Å². The van der Waals surface area contributed by atoms with E-state index < -0.39 is 26.0 Å². The van der Waals surface area contributed by atoms with Gasteiger partial charge in [0.05, 0.1) is 0 Å². The second-order valence-corrected chi connectivity index (χ2v) is 4.95. The molecule has 0 saturated carbocycles. The highest BCUT2D eigenvalue weighted by molar-refractivity contribution is 7.90. The van der Waals surface area contributed by atoms with E-state index in [1.807, 2.05) is 0 Å². The van der Waals surface area contributed by atoms with Crippen LogP contribution in [-0.2, 0) is 9.84 Å². The van der Waals surface area contributed by atoms with Gasteiger partial charge >= 0.3 is 11.1 Å². The predicted molar refractivity (Wildman–Crippen MR) is 53.4 cm³/mol. The number of nitrogens with zero attached hydrogens (tertiary/aromatic N) is 3. The lowest BCUT2D eigenvalue weighted by molar-refractivity contribution is 0.0922. The fraction of sp³-hybridized carbons (Fsp3) is 0.500. The molecule has 1 heterocycles. The Kier molecular flexibility index (Phi) is 3.38. The van der Waals surface area contributed by atoms with Crippen molar-refractivity contribution in [1.82, 2.24) is 14.5 Å². The highest BCUT2D eigenvalue weighted by Crippen LogP contribution is 2.01. The number of aromatic nitrogens is 3. The lowest BCUT2D eigenvalue weighted by Gasteiger charge is -2.02. The van der Waals surface area contributed by atoms with Gasteiger partial charge in [-0.3, -0.25) is 4.79 Å². The van der Waals surface area contributed by atoms with Crippen LogP contribution in [0.25, 0.3) is 0 Å². The fourth-order valence-corrected chi connectivity index (χ4v) is 1.69. The summed E-state index contributed by atoms with van der Waals surface area (Å²) in [7, 11) is -3.80. The maximum atomic E-state index is 11.4. The first-order chi connectivity index (χ1) is 7.29. The second kappa shape index (κ2) is 4.26. The van der Waals surface area contributed by atoms with Crippen molar-refractivity contribution < 1.29 is 18.0 Å². The molecular formula is C6H8ClN3O5S. The molecule has 0 amide bonds. The van der Waals surface area contributed by atoms with Crippen molar-refractivity contribution in [2.45, 2.75) is 12.1 Å². The van der Waals surface area contributed by atoms with E-state index in [0.717, 1.165) is 6.26 Å². The zero-order valence-electron chi connectivity index (χ0n) is 8.38. The molecule has 90 valence electrons. The maximum Gasteiger partial charge on any atom is 0.388 e. The number of carbonyl (C=O) groups is 1. The molecule has 0 bridgehead atoms. The topological polar surface area (TPSA) is 100 Å². The largest absolute Gasteiger partial charge is 0.407 e. The Morgan fingerprint density at radius 1 is 1.56 bits per heavy atom. The number of halogens is 1. The van der Waals surface area contributed by atoms with Crippen molar-refractivity contribution in [3.63, 3.8) is 0 Å². The monoisotopic (exact) mass is 269 g/mol. The molecule has 0 atom stereocenters. The minimum absolute atomic E-state index is 0.0323.